The fourth-order valence-corrected chi connectivity index (χ4v) is 3.87. The molecule has 5 heteroatoms. The van der Waals surface area contributed by atoms with E-state index in [0.717, 1.165) is 37.3 Å². The maximum Gasteiger partial charge on any atom is 0.233 e. The topological polar surface area (TPSA) is 46.3 Å². The fourth-order valence-electron chi connectivity index (χ4n) is 3.00. The van der Waals surface area contributed by atoms with Crippen molar-refractivity contribution in [1.29, 1.82) is 0 Å². The second-order valence-corrected chi connectivity index (χ2v) is 6.80. The van der Waals surface area contributed by atoms with Gasteiger partial charge in [-0.1, -0.05) is 12.8 Å². The number of pyridine rings is 1. The molecule has 2 aromatic rings. The largest absolute Gasteiger partial charge is 0.467 e. The summed E-state index contributed by atoms with van der Waals surface area (Å²) in [7, 11) is 0. The van der Waals surface area contributed by atoms with Crippen LogP contribution in [-0.2, 0) is 10.5 Å². The number of hydrogen-bond acceptors (Lipinski definition) is 4. The Bertz CT molecular complexity index is 601. The lowest BCUT2D eigenvalue weighted by molar-refractivity contribution is -0.131. The van der Waals surface area contributed by atoms with Crippen molar-refractivity contribution >= 4 is 17.7 Å². The van der Waals surface area contributed by atoms with Gasteiger partial charge in [0.2, 0.25) is 5.91 Å². The SMILES string of the molecule is O=C(CSCc1ccncc1)N1CCCCCC1c1ccco1. The van der Waals surface area contributed by atoms with Crippen LogP contribution in [0.25, 0.3) is 0 Å². The average molecular weight is 330 g/mol. The summed E-state index contributed by atoms with van der Waals surface area (Å²) in [6.07, 6.45) is 9.69. The zero-order valence-corrected chi connectivity index (χ0v) is 14.0. The highest BCUT2D eigenvalue weighted by Gasteiger charge is 2.28. The second kappa shape index (κ2) is 8.20. The Morgan fingerprint density at radius 3 is 2.91 bits per heavy atom. The Balaban J connectivity index is 1.59. The number of furan rings is 1. The highest BCUT2D eigenvalue weighted by Crippen LogP contribution is 2.31. The molecule has 3 rings (SSSR count). The molecular formula is C18H22N2O2S. The van der Waals surface area contributed by atoms with Crippen molar-refractivity contribution in [2.24, 2.45) is 0 Å². The number of likely N-dealkylation sites (tertiary alicyclic amines) is 1. The number of aromatic nitrogens is 1. The highest BCUT2D eigenvalue weighted by molar-refractivity contribution is 7.99. The van der Waals surface area contributed by atoms with E-state index >= 15 is 0 Å². The van der Waals surface area contributed by atoms with Gasteiger partial charge in [-0.3, -0.25) is 9.78 Å². The van der Waals surface area contributed by atoms with Gasteiger partial charge in [0.15, 0.2) is 0 Å². The monoisotopic (exact) mass is 330 g/mol. The minimum atomic E-state index is 0.0986. The van der Waals surface area contributed by atoms with E-state index in [1.165, 1.54) is 12.0 Å². The van der Waals surface area contributed by atoms with E-state index in [0.29, 0.717) is 5.75 Å². The molecule has 1 saturated heterocycles. The first-order chi connectivity index (χ1) is 11.3. The zero-order valence-electron chi connectivity index (χ0n) is 13.2. The Kier molecular flexibility index (Phi) is 5.75. The molecule has 3 heterocycles. The lowest BCUT2D eigenvalue weighted by Gasteiger charge is -2.28. The van der Waals surface area contributed by atoms with E-state index in [1.54, 1.807) is 30.4 Å². The maximum absolute atomic E-state index is 12.7. The lowest BCUT2D eigenvalue weighted by atomic mass is 10.1. The van der Waals surface area contributed by atoms with E-state index in [1.807, 2.05) is 29.2 Å². The summed E-state index contributed by atoms with van der Waals surface area (Å²) < 4.78 is 5.58. The third-order valence-electron chi connectivity index (χ3n) is 4.19. The van der Waals surface area contributed by atoms with Crippen LogP contribution in [-0.4, -0.2) is 28.1 Å². The van der Waals surface area contributed by atoms with Gasteiger partial charge in [0, 0.05) is 24.7 Å². The van der Waals surface area contributed by atoms with Gasteiger partial charge in [0.05, 0.1) is 18.1 Å². The summed E-state index contributed by atoms with van der Waals surface area (Å²) in [6.45, 7) is 0.833. The smallest absolute Gasteiger partial charge is 0.233 e. The van der Waals surface area contributed by atoms with Gasteiger partial charge in [-0.25, -0.2) is 0 Å². The summed E-state index contributed by atoms with van der Waals surface area (Å²) in [5.41, 5.74) is 1.20. The van der Waals surface area contributed by atoms with Gasteiger partial charge >= 0.3 is 0 Å². The molecule has 1 atom stereocenters. The predicted octanol–water partition coefficient (Wildman–Crippen LogP) is 4.05. The molecule has 1 fully saturated rings. The first-order valence-corrected chi connectivity index (χ1v) is 9.29. The van der Waals surface area contributed by atoms with Crippen LogP contribution >= 0.6 is 11.8 Å². The van der Waals surface area contributed by atoms with Crippen LogP contribution in [0.1, 0.15) is 43.0 Å². The van der Waals surface area contributed by atoms with Crippen LogP contribution in [0.5, 0.6) is 0 Å². The number of nitrogens with zero attached hydrogens (tertiary/aromatic N) is 2. The first kappa shape index (κ1) is 16.1. The summed E-state index contributed by atoms with van der Waals surface area (Å²) in [6, 6.07) is 7.98. The number of carbonyl (C=O) groups is 1. The molecule has 0 radical (unpaired) electrons. The third kappa shape index (κ3) is 4.38. The number of hydrogen-bond donors (Lipinski definition) is 0. The van der Waals surface area contributed by atoms with Crippen LogP contribution in [0.3, 0.4) is 0 Å². The van der Waals surface area contributed by atoms with E-state index < -0.39 is 0 Å². The van der Waals surface area contributed by atoms with Gasteiger partial charge in [-0.05, 0) is 42.7 Å². The molecular weight excluding hydrogens is 308 g/mol. The summed E-state index contributed by atoms with van der Waals surface area (Å²) in [4.78, 5) is 18.7. The van der Waals surface area contributed by atoms with E-state index in [4.69, 9.17) is 4.42 Å². The third-order valence-corrected chi connectivity index (χ3v) is 5.18. The molecule has 1 unspecified atom stereocenters. The summed E-state index contributed by atoms with van der Waals surface area (Å²) in [5, 5.41) is 0. The van der Waals surface area contributed by atoms with Crippen LogP contribution in [0.4, 0.5) is 0 Å². The van der Waals surface area contributed by atoms with Crippen molar-refractivity contribution in [3.63, 3.8) is 0 Å². The van der Waals surface area contributed by atoms with Crippen molar-refractivity contribution in [2.75, 3.05) is 12.3 Å². The van der Waals surface area contributed by atoms with Crippen LogP contribution in [0.15, 0.2) is 47.3 Å². The molecule has 1 aliphatic rings. The molecule has 0 bridgehead atoms. The number of thioether (sulfide) groups is 1. The van der Waals surface area contributed by atoms with Gasteiger partial charge in [0.25, 0.3) is 0 Å². The normalized spacial score (nSPS) is 18.6. The summed E-state index contributed by atoms with van der Waals surface area (Å²) >= 11 is 1.66. The average Bonchev–Trinajstić information content (AvgIpc) is 3.00. The Labute approximate surface area is 141 Å². The van der Waals surface area contributed by atoms with Crippen LogP contribution < -0.4 is 0 Å². The molecule has 122 valence electrons. The van der Waals surface area contributed by atoms with Crippen molar-refractivity contribution in [2.45, 2.75) is 37.5 Å². The quantitative estimate of drug-likeness (QED) is 0.829. The molecule has 0 spiro atoms. The van der Waals surface area contributed by atoms with Crippen molar-refractivity contribution in [3.8, 4) is 0 Å². The van der Waals surface area contributed by atoms with Crippen molar-refractivity contribution in [3.05, 3.63) is 54.2 Å². The highest BCUT2D eigenvalue weighted by atomic mass is 32.2. The van der Waals surface area contributed by atoms with Gasteiger partial charge in [-0.15, -0.1) is 11.8 Å². The van der Waals surface area contributed by atoms with E-state index in [-0.39, 0.29) is 11.9 Å². The van der Waals surface area contributed by atoms with Crippen LogP contribution in [0, 0.1) is 0 Å². The number of rotatable bonds is 5. The van der Waals surface area contributed by atoms with Crippen molar-refractivity contribution < 1.29 is 9.21 Å². The molecule has 0 N–H and O–H groups in total. The van der Waals surface area contributed by atoms with Gasteiger partial charge < -0.3 is 9.32 Å². The summed E-state index contributed by atoms with van der Waals surface area (Å²) in [5.74, 6) is 2.49. The fraction of sp³-hybridized carbons (Fsp3) is 0.444. The minimum Gasteiger partial charge on any atom is -0.467 e. The first-order valence-electron chi connectivity index (χ1n) is 8.14. The molecule has 23 heavy (non-hydrogen) atoms. The molecule has 0 aromatic carbocycles. The maximum atomic E-state index is 12.7. The molecule has 0 aliphatic carbocycles. The molecule has 2 aromatic heterocycles. The zero-order chi connectivity index (χ0) is 15.9. The van der Waals surface area contributed by atoms with Crippen LogP contribution in [0.2, 0.25) is 0 Å². The molecule has 4 nitrogen and oxygen atoms in total. The molecule has 1 amide bonds. The minimum absolute atomic E-state index is 0.0986. The molecule has 0 saturated carbocycles. The van der Waals surface area contributed by atoms with Gasteiger partial charge in [-0.2, -0.15) is 0 Å². The van der Waals surface area contributed by atoms with Crippen molar-refractivity contribution in [1.82, 2.24) is 9.88 Å². The Morgan fingerprint density at radius 2 is 2.13 bits per heavy atom. The van der Waals surface area contributed by atoms with Gasteiger partial charge in [0.1, 0.15) is 5.76 Å². The Hall–Kier alpha value is -1.75. The number of carbonyl (C=O) groups excluding carboxylic acids is 1. The Morgan fingerprint density at radius 1 is 1.26 bits per heavy atom. The predicted molar refractivity (Wildman–Crippen MR) is 92.0 cm³/mol. The van der Waals surface area contributed by atoms with E-state index in [9.17, 15) is 4.79 Å². The second-order valence-electron chi connectivity index (χ2n) is 5.82. The molecule has 1 aliphatic heterocycles. The number of amides is 1. The van der Waals surface area contributed by atoms with E-state index in [2.05, 4.69) is 4.98 Å². The standard InChI is InChI=1S/C18H22N2O2S/c21-18(14-23-13-15-7-9-19-10-8-15)20-11-3-1-2-5-16(20)17-6-4-12-22-17/h4,6-10,12,16H,1-3,5,11,13-14H2. The lowest BCUT2D eigenvalue weighted by Crippen LogP contribution is -2.35.